The van der Waals surface area contributed by atoms with Gasteiger partial charge in [0.1, 0.15) is 0 Å². The molecule has 0 atom stereocenters. The van der Waals surface area contributed by atoms with E-state index in [0.717, 1.165) is 19.3 Å². The van der Waals surface area contributed by atoms with Gasteiger partial charge in [-0.15, -0.1) is 0 Å². The van der Waals surface area contributed by atoms with Crippen molar-refractivity contribution in [2.45, 2.75) is 65.6 Å². The predicted molar refractivity (Wildman–Crippen MR) is 70.3 cm³/mol. The first kappa shape index (κ1) is 18.4. The quantitative estimate of drug-likeness (QED) is 0.540. The van der Waals surface area contributed by atoms with Crippen molar-refractivity contribution in [3.8, 4) is 0 Å². The molecule has 0 aromatic heterocycles. The summed E-state index contributed by atoms with van der Waals surface area (Å²) in [7, 11) is 0. The molecule has 0 unspecified atom stereocenters. The molecule has 0 spiro atoms. The predicted octanol–water partition coefficient (Wildman–Crippen LogP) is 3.81. The van der Waals surface area contributed by atoms with E-state index in [9.17, 15) is 13.6 Å². The molecule has 0 aliphatic carbocycles. The molecule has 0 saturated heterocycles. The molecule has 114 valence electrons. The number of carbonyl (C=O) groups excluding carboxylic acids is 1. The Bertz CT molecular complexity index is 253. The van der Waals surface area contributed by atoms with Crippen molar-refractivity contribution in [2.75, 3.05) is 13.2 Å². The lowest BCUT2D eigenvalue weighted by Gasteiger charge is -2.17. The molecule has 19 heavy (non-hydrogen) atoms. The summed E-state index contributed by atoms with van der Waals surface area (Å²) >= 11 is 0. The maximum absolute atomic E-state index is 13.2. The van der Waals surface area contributed by atoms with Crippen LogP contribution in [0, 0.1) is 5.92 Å². The molecule has 0 fully saturated rings. The van der Waals surface area contributed by atoms with Gasteiger partial charge < -0.3 is 9.47 Å². The summed E-state index contributed by atoms with van der Waals surface area (Å²) < 4.78 is 36.1. The number of ether oxygens (including phenoxy) is 2. The molecule has 0 aliphatic heterocycles. The summed E-state index contributed by atoms with van der Waals surface area (Å²) in [4.78, 5) is 11.1. The highest BCUT2D eigenvalue weighted by Crippen LogP contribution is 2.21. The van der Waals surface area contributed by atoms with E-state index in [1.54, 1.807) is 0 Å². The van der Waals surface area contributed by atoms with Crippen molar-refractivity contribution in [1.29, 1.82) is 0 Å². The number of carbonyl (C=O) groups is 1. The van der Waals surface area contributed by atoms with Crippen LogP contribution in [0.3, 0.4) is 0 Å². The average molecular weight is 280 g/mol. The van der Waals surface area contributed by atoms with Crippen molar-refractivity contribution in [1.82, 2.24) is 0 Å². The van der Waals surface area contributed by atoms with Crippen LogP contribution in [0.25, 0.3) is 0 Å². The van der Waals surface area contributed by atoms with E-state index >= 15 is 0 Å². The maximum Gasteiger partial charge on any atom is 0.416 e. The zero-order valence-corrected chi connectivity index (χ0v) is 12.4. The van der Waals surface area contributed by atoms with E-state index in [-0.39, 0.29) is 12.7 Å². The molecular formula is C14H26F2O3. The minimum absolute atomic E-state index is 0.0868. The second kappa shape index (κ2) is 9.37. The van der Waals surface area contributed by atoms with Gasteiger partial charge >= 0.3 is 6.11 Å². The molecule has 0 aromatic rings. The number of hydrogen-bond acceptors (Lipinski definition) is 3. The van der Waals surface area contributed by atoms with Gasteiger partial charge in [-0.2, -0.15) is 8.78 Å². The highest BCUT2D eigenvalue weighted by molar-refractivity contribution is 5.85. The van der Waals surface area contributed by atoms with Gasteiger partial charge in [0.05, 0.1) is 12.7 Å². The first-order chi connectivity index (χ1) is 8.77. The van der Waals surface area contributed by atoms with Crippen LogP contribution in [-0.4, -0.2) is 31.2 Å². The Labute approximate surface area is 114 Å². The van der Waals surface area contributed by atoms with Gasteiger partial charge in [0, 0.05) is 12.5 Å². The minimum atomic E-state index is -3.64. The summed E-state index contributed by atoms with van der Waals surface area (Å²) in [5.41, 5.74) is 0. The third-order valence-corrected chi connectivity index (χ3v) is 2.58. The largest absolute Gasteiger partial charge is 0.416 e. The van der Waals surface area contributed by atoms with Gasteiger partial charge in [-0.25, -0.2) is 0 Å². The normalized spacial score (nSPS) is 12.4. The number of hydrogen-bond donors (Lipinski definition) is 0. The molecule has 0 N–H and O–H groups in total. The van der Waals surface area contributed by atoms with Gasteiger partial charge in [-0.3, -0.25) is 4.79 Å². The van der Waals surface area contributed by atoms with E-state index in [1.165, 1.54) is 13.8 Å². The highest BCUT2D eigenvalue weighted by atomic mass is 19.3. The summed E-state index contributed by atoms with van der Waals surface area (Å²) in [6, 6.07) is 0. The Morgan fingerprint density at radius 3 is 2.00 bits per heavy atom. The first-order valence-corrected chi connectivity index (χ1v) is 6.95. The molecule has 5 heteroatoms. The lowest BCUT2D eigenvalue weighted by molar-refractivity contribution is -0.231. The zero-order chi connectivity index (χ0) is 14.9. The van der Waals surface area contributed by atoms with E-state index < -0.39 is 17.8 Å². The standard InChI is InChI=1S/C14H26F2O3/c1-11(2)13(17)14(15,16)19-10-8-6-5-7-9-18-12(3)4/h11-12H,5-10H2,1-4H3. The van der Waals surface area contributed by atoms with Gasteiger partial charge in [0.2, 0.25) is 5.78 Å². The molecule has 0 aliphatic rings. The van der Waals surface area contributed by atoms with Crippen LogP contribution < -0.4 is 0 Å². The number of unbranched alkanes of at least 4 members (excludes halogenated alkanes) is 3. The molecule has 0 saturated carbocycles. The lowest BCUT2D eigenvalue weighted by atomic mass is 10.1. The molecule has 0 heterocycles. The Balaban J connectivity index is 3.56. The van der Waals surface area contributed by atoms with Crippen LogP contribution in [-0.2, 0) is 14.3 Å². The van der Waals surface area contributed by atoms with Crippen molar-refractivity contribution in [2.24, 2.45) is 5.92 Å². The fourth-order valence-electron chi connectivity index (χ4n) is 1.48. The van der Waals surface area contributed by atoms with Crippen molar-refractivity contribution < 1.29 is 23.0 Å². The topological polar surface area (TPSA) is 35.5 Å². The van der Waals surface area contributed by atoms with Crippen molar-refractivity contribution >= 4 is 5.78 Å². The third-order valence-electron chi connectivity index (χ3n) is 2.58. The van der Waals surface area contributed by atoms with E-state index in [1.807, 2.05) is 13.8 Å². The molecule has 0 radical (unpaired) electrons. The maximum atomic E-state index is 13.2. The van der Waals surface area contributed by atoms with Crippen LogP contribution in [0.15, 0.2) is 0 Å². The summed E-state index contributed by atoms with van der Waals surface area (Å²) in [6.07, 6.45) is -0.256. The molecule has 0 bridgehead atoms. The number of halogens is 2. The van der Waals surface area contributed by atoms with Crippen molar-refractivity contribution in [3.63, 3.8) is 0 Å². The number of ketones is 1. The van der Waals surface area contributed by atoms with Crippen LogP contribution in [0.2, 0.25) is 0 Å². The summed E-state index contributed by atoms with van der Waals surface area (Å²) in [5.74, 6) is -1.87. The van der Waals surface area contributed by atoms with Crippen LogP contribution in [0.4, 0.5) is 8.78 Å². The Kier molecular flexibility index (Phi) is 9.10. The Morgan fingerprint density at radius 1 is 1.00 bits per heavy atom. The summed E-state index contributed by atoms with van der Waals surface area (Å²) in [6.45, 7) is 7.43. The van der Waals surface area contributed by atoms with Gasteiger partial charge in [-0.1, -0.05) is 26.7 Å². The summed E-state index contributed by atoms with van der Waals surface area (Å²) in [5, 5.41) is 0. The minimum Gasteiger partial charge on any atom is -0.379 e. The number of rotatable bonds is 11. The monoisotopic (exact) mass is 280 g/mol. The second-order valence-electron chi connectivity index (χ2n) is 5.22. The van der Waals surface area contributed by atoms with E-state index in [0.29, 0.717) is 13.0 Å². The van der Waals surface area contributed by atoms with Crippen LogP contribution in [0.1, 0.15) is 53.4 Å². The van der Waals surface area contributed by atoms with Gasteiger partial charge in [0.25, 0.3) is 0 Å². The molecular weight excluding hydrogens is 254 g/mol. The van der Waals surface area contributed by atoms with E-state index in [2.05, 4.69) is 4.74 Å². The van der Waals surface area contributed by atoms with Gasteiger partial charge in [0.15, 0.2) is 0 Å². The van der Waals surface area contributed by atoms with Crippen LogP contribution >= 0.6 is 0 Å². The number of alkyl halides is 2. The third kappa shape index (κ3) is 9.05. The highest BCUT2D eigenvalue weighted by Gasteiger charge is 2.41. The molecule has 3 nitrogen and oxygen atoms in total. The zero-order valence-electron chi connectivity index (χ0n) is 12.4. The molecule has 0 amide bonds. The van der Waals surface area contributed by atoms with Gasteiger partial charge in [-0.05, 0) is 26.7 Å². The van der Waals surface area contributed by atoms with Crippen LogP contribution in [0.5, 0.6) is 0 Å². The van der Waals surface area contributed by atoms with E-state index in [4.69, 9.17) is 4.74 Å². The first-order valence-electron chi connectivity index (χ1n) is 6.95. The fourth-order valence-corrected chi connectivity index (χ4v) is 1.48. The fraction of sp³-hybridized carbons (Fsp3) is 0.929. The SMILES string of the molecule is CC(C)OCCCCCCOC(F)(F)C(=O)C(C)C. The Hall–Kier alpha value is -0.550. The molecule has 0 rings (SSSR count). The lowest BCUT2D eigenvalue weighted by Crippen LogP contribution is -2.35. The Morgan fingerprint density at radius 2 is 1.53 bits per heavy atom. The number of Topliss-reactive ketones (excluding diaryl/α,β-unsaturated/α-hetero) is 1. The smallest absolute Gasteiger partial charge is 0.379 e. The average Bonchev–Trinajstić information content (AvgIpc) is 2.30. The van der Waals surface area contributed by atoms with Crippen molar-refractivity contribution in [3.05, 3.63) is 0 Å². The second-order valence-corrected chi connectivity index (χ2v) is 5.22. The molecule has 0 aromatic carbocycles.